The number of carbonyl (C=O) groups is 1. The van der Waals surface area contributed by atoms with Gasteiger partial charge in [-0.3, -0.25) is 0 Å². The van der Waals surface area contributed by atoms with Gasteiger partial charge >= 0.3 is 57.4 Å². The van der Waals surface area contributed by atoms with Crippen molar-refractivity contribution in [2.45, 2.75) is 0 Å². The molecule has 0 unspecified atom stereocenters. The van der Waals surface area contributed by atoms with Gasteiger partial charge in [0.15, 0.2) is 0 Å². The van der Waals surface area contributed by atoms with Gasteiger partial charge in [0, 0.05) is 0 Å². The van der Waals surface area contributed by atoms with Gasteiger partial charge < -0.3 is 9.84 Å². The molecule has 0 aromatic carbocycles. The molecule has 0 saturated heterocycles. The minimum Gasteiger partial charge on any atom is -0.877 e. The van der Waals surface area contributed by atoms with E-state index in [1.807, 2.05) is 0 Å². The zero-order valence-corrected chi connectivity index (χ0v) is 9.06. The van der Waals surface area contributed by atoms with Crippen molar-refractivity contribution in [2.75, 3.05) is 7.11 Å². The molecule has 0 aliphatic carbocycles. The molecule has 0 radical (unpaired) electrons. The molecule has 0 aromatic rings. The maximum absolute atomic E-state index is 10.1. The SMILES string of the molecule is COC(=O)/C(Cl)=C/[O-].[K+]. The van der Waals surface area contributed by atoms with Crippen molar-refractivity contribution < 1.29 is 66.0 Å². The fourth-order valence-corrected chi connectivity index (χ4v) is 0.223. The van der Waals surface area contributed by atoms with Crippen molar-refractivity contribution >= 4 is 17.6 Å². The number of hydrogen-bond acceptors (Lipinski definition) is 3. The summed E-state index contributed by atoms with van der Waals surface area (Å²) in [5.41, 5.74) is 0. The van der Waals surface area contributed by atoms with E-state index in [0.717, 1.165) is 7.11 Å². The standard InChI is InChI=1S/C4H5ClO3.K/c1-8-4(7)3(5)2-6;/h2,6H,1H3;/q;+1/p-1/b3-2-;. The van der Waals surface area contributed by atoms with Gasteiger partial charge in [-0.05, 0) is 0 Å². The first-order valence-electron chi connectivity index (χ1n) is 1.78. The van der Waals surface area contributed by atoms with Crippen molar-refractivity contribution in [3.05, 3.63) is 11.3 Å². The number of ether oxygens (including phenoxy) is 1. The van der Waals surface area contributed by atoms with E-state index in [9.17, 15) is 9.90 Å². The average molecular weight is 175 g/mol. The van der Waals surface area contributed by atoms with Gasteiger partial charge in [-0.1, -0.05) is 11.6 Å². The topological polar surface area (TPSA) is 49.4 Å². The van der Waals surface area contributed by atoms with E-state index in [0.29, 0.717) is 0 Å². The van der Waals surface area contributed by atoms with Crippen LogP contribution in [0.25, 0.3) is 0 Å². The Morgan fingerprint density at radius 3 is 2.33 bits per heavy atom. The predicted molar refractivity (Wildman–Crippen MR) is 26.0 cm³/mol. The number of methoxy groups -OCH3 is 1. The second kappa shape index (κ2) is 7.05. The Labute approximate surface area is 100 Å². The molecule has 0 amide bonds. The summed E-state index contributed by atoms with van der Waals surface area (Å²) in [5, 5.41) is 9.20. The number of rotatable bonds is 1. The molecular formula is C4H4ClKO3. The van der Waals surface area contributed by atoms with Gasteiger partial charge in [0.25, 0.3) is 0 Å². The van der Waals surface area contributed by atoms with Crippen LogP contribution in [0.4, 0.5) is 0 Å². The predicted octanol–water partition coefficient (Wildman–Crippen LogP) is -3.40. The summed E-state index contributed by atoms with van der Waals surface area (Å²) in [5.74, 6) is -0.804. The number of carbonyl (C=O) groups excluding carboxylic acids is 1. The maximum atomic E-state index is 10.1. The first kappa shape index (κ1) is 12.6. The average Bonchev–Trinajstić information content (AvgIpc) is 1.84. The Morgan fingerprint density at radius 2 is 2.22 bits per heavy atom. The number of esters is 1. The largest absolute Gasteiger partial charge is 1.00 e. The van der Waals surface area contributed by atoms with Gasteiger partial charge in [-0.25, -0.2) is 4.79 Å². The van der Waals surface area contributed by atoms with Crippen LogP contribution in [-0.2, 0) is 9.53 Å². The molecule has 46 valence electrons. The minimum absolute atomic E-state index is 0. The van der Waals surface area contributed by atoms with Crippen LogP contribution in [0.2, 0.25) is 0 Å². The summed E-state index contributed by atoms with van der Waals surface area (Å²) >= 11 is 4.99. The molecule has 0 aromatic heterocycles. The molecule has 5 heteroatoms. The molecule has 0 aliphatic rings. The van der Waals surface area contributed by atoms with Crippen LogP contribution in [0.1, 0.15) is 0 Å². The summed E-state index contributed by atoms with van der Waals surface area (Å²) in [4.78, 5) is 10.1. The molecule has 0 atom stereocenters. The minimum atomic E-state index is -0.804. The summed E-state index contributed by atoms with van der Waals surface area (Å²) in [6, 6.07) is 0. The third-order valence-electron chi connectivity index (χ3n) is 0.484. The van der Waals surface area contributed by atoms with Gasteiger partial charge in [0.2, 0.25) is 0 Å². The van der Waals surface area contributed by atoms with Gasteiger partial charge in [0.05, 0.1) is 7.11 Å². The fourth-order valence-electron chi connectivity index (χ4n) is 0.146. The van der Waals surface area contributed by atoms with Crippen LogP contribution in [0.5, 0.6) is 0 Å². The molecule has 9 heavy (non-hydrogen) atoms. The summed E-state index contributed by atoms with van der Waals surface area (Å²) in [6.07, 6.45) is 0.230. The molecule has 0 heterocycles. The molecule has 0 N–H and O–H groups in total. The molecular weight excluding hydrogens is 171 g/mol. The molecule has 3 nitrogen and oxygen atoms in total. The van der Waals surface area contributed by atoms with Crippen molar-refractivity contribution in [1.29, 1.82) is 0 Å². The van der Waals surface area contributed by atoms with Crippen molar-refractivity contribution in [3.63, 3.8) is 0 Å². The Kier molecular flexibility index (Phi) is 9.87. The molecule has 0 spiro atoms. The van der Waals surface area contributed by atoms with E-state index in [-0.39, 0.29) is 57.6 Å². The van der Waals surface area contributed by atoms with E-state index >= 15 is 0 Å². The monoisotopic (exact) mass is 174 g/mol. The van der Waals surface area contributed by atoms with Crippen LogP contribution in [0, 0.1) is 0 Å². The maximum Gasteiger partial charge on any atom is 1.00 e. The van der Waals surface area contributed by atoms with Gasteiger partial charge in [0.1, 0.15) is 5.03 Å². The zero-order chi connectivity index (χ0) is 6.57. The zero-order valence-electron chi connectivity index (χ0n) is 5.18. The van der Waals surface area contributed by atoms with Crippen LogP contribution in [-0.4, -0.2) is 13.1 Å². The van der Waals surface area contributed by atoms with Crippen LogP contribution in [0.3, 0.4) is 0 Å². The summed E-state index contributed by atoms with van der Waals surface area (Å²) in [6.45, 7) is 0. The number of hydrogen-bond donors (Lipinski definition) is 0. The Bertz CT molecular complexity index is 123. The first-order chi connectivity index (χ1) is 3.72. The normalized spacial score (nSPS) is 9.78. The van der Waals surface area contributed by atoms with E-state index in [1.54, 1.807) is 0 Å². The third-order valence-corrected chi connectivity index (χ3v) is 0.727. The van der Waals surface area contributed by atoms with E-state index in [4.69, 9.17) is 11.6 Å². The summed E-state index contributed by atoms with van der Waals surface area (Å²) in [7, 11) is 1.15. The third kappa shape index (κ3) is 5.38. The smallest absolute Gasteiger partial charge is 0.877 e. The van der Waals surface area contributed by atoms with E-state index in [1.165, 1.54) is 0 Å². The molecule has 0 rings (SSSR count). The van der Waals surface area contributed by atoms with Crippen LogP contribution < -0.4 is 56.5 Å². The van der Waals surface area contributed by atoms with Gasteiger partial charge in [-0.2, -0.15) is 0 Å². The van der Waals surface area contributed by atoms with E-state index < -0.39 is 11.0 Å². The number of halogens is 1. The van der Waals surface area contributed by atoms with Crippen molar-refractivity contribution in [2.24, 2.45) is 0 Å². The Morgan fingerprint density at radius 1 is 1.78 bits per heavy atom. The second-order valence-corrected chi connectivity index (χ2v) is 1.36. The van der Waals surface area contributed by atoms with Crippen LogP contribution >= 0.6 is 11.6 Å². The Balaban J connectivity index is 0. The molecule has 0 aliphatic heterocycles. The van der Waals surface area contributed by atoms with E-state index in [2.05, 4.69) is 4.74 Å². The molecule has 0 saturated carbocycles. The van der Waals surface area contributed by atoms with Crippen LogP contribution in [0.15, 0.2) is 11.3 Å². The van der Waals surface area contributed by atoms with Crippen molar-refractivity contribution in [3.8, 4) is 0 Å². The molecule has 0 fully saturated rings. The first-order valence-corrected chi connectivity index (χ1v) is 2.16. The second-order valence-electron chi connectivity index (χ2n) is 0.957. The van der Waals surface area contributed by atoms with Gasteiger partial charge in [-0.15, -0.1) is 6.26 Å². The summed E-state index contributed by atoms with van der Waals surface area (Å²) < 4.78 is 4.06. The quantitative estimate of drug-likeness (QED) is 0.180. The van der Waals surface area contributed by atoms with Crippen molar-refractivity contribution in [1.82, 2.24) is 0 Å². The Hall–Kier alpha value is 0.936. The fraction of sp³-hybridized carbons (Fsp3) is 0.250. The molecule has 0 bridgehead atoms.